The van der Waals surface area contributed by atoms with Gasteiger partial charge in [-0.25, -0.2) is 0 Å². The molecular formula is C15H22BrNO2. The molecule has 0 spiro atoms. The van der Waals surface area contributed by atoms with E-state index in [0.29, 0.717) is 18.5 Å². The minimum Gasteiger partial charge on any atom is -0.392 e. The van der Waals surface area contributed by atoms with Crippen molar-refractivity contribution in [3.05, 3.63) is 34.3 Å². The summed E-state index contributed by atoms with van der Waals surface area (Å²) in [6.07, 6.45) is 1.83. The Balaban J connectivity index is 2.10. The zero-order chi connectivity index (χ0) is 13.7. The second kappa shape index (κ2) is 7.39. The monoisotopic (exact) mass is 327 g/mol. The van der Waals surface area contributed by atoms with Crippen molar-refractivity contribution in [2.45, 2.75) is 31.9 Å². The van der Waals surface area contributed by atoms with Crippen LogP contribution in [0.3, 0.4) is 0 Å². The number of hydrogen-bond donors (Lipinski definition) is 2. The lowest BCUT2D eigenvalue weighted by Crippen LogP contribution is -2.35. The molecule has 1 aliphatic heterocycles. The fraction of sp³-hybridized carbons (Fsp3) is 0.600. The molecule has 3 nitrogen and oxygen atoms in total. The lowest BCUT2D eigenvalue weighted by molar-refractivity contribution is 0.0515. The second-order valence-electron chi connectivity index (χ2n) is 5.24. The highest BCUT2D eigenvalue weighted by atomic mass is 79.9. The SMILES string of the molecule is C[C@H](O)CN[C@H](c1ccc(Br)cc1)C1CCOCC1. The molecule has 0 unspecified atom stereocenters. The molecule has 1 aromatic rings. The summed E-state index contributed by atoms with van der Waals surface area (Å²) in [5.41, 5.74) is 1.29. The molecule has 2 atom stereocenters. The van der Waals surface area contributed by atoms with Gasteiger partial charge in [-0.2, -0.15) is 0 Å². The van der Waals surface area contributed by atoms with Crippen LogP contribution in [-0.4, -0.2) is 31.0 Å². The highest BCUT2D eigenvalue weighted by Crippen LogP contribution is 2.30. The molecule has 0 radical (unpaired) electrons. The summed E-state index contributed by atoms with van der Waals surface area (Å²) in [6.45, 7) is 4.12. The maximum Gasteiger partial charge on any atom is 0.0636 e. The lowest BCUT2D eigenvalue weighted by Gasteiger charge is -2.32. The third-order valence-corrected chi connectivity index (χ3v) is 4.13. The van der Waals surface area contributed by atoms with Gasteiger partial charge < -0.3 is 15.2 Å². The van der Waals surface area contributed by atoms with Gasteiger partial charge in [0.2, 0.25) is 0 Å². The normalized spacial score (nSPS) is 20.2. The van der Waals surface area contributed by atoms with E-state index in [9.17, 15) is 5.11 Å². The number of ether oxygens (including phenoxy) is 1. The van der Waals surface area contributed by atoms with E-state index in [1.807, 2.05) is 6.92 Å². The van der Waals surface area contributed by atoms with Crippen LogP contribution in [0, 0.1) is 5.92 Å². The average Bonchev–Trinajstić information content (AvgIpc) is 2.42. The van der Waals surface area contributed by atoms with Crippen molar-refractivity contribution in [1.29, 1.82) is 0 Å². The Kier molecular flexibility index (Phi) is 5.82. The first-order chi connectivity index (χ1) is 9.16. The van der Waals surface area contributed by atoms with E-state index < -0.39 is 0 Å². The fourth-order valence-electron chi connectivity index (χ4n) is 2.57. The van der Waals surface area contributed by atoms with Gasteiger partial charge in [-0.05, 0) is 43.4 Å². The van der Waals surface area contributed by atoms with Crippen LogP contribution in [0.1, 0.15) is 31.4 Å². The molecule has 1 saturated heterocycles. The highest BCUT2D eigenvalue weighted by molar-refractivity contribution is 9.10. The molecule has 0 bridgehead atoms. The number of halogens is 1. The fourth-order valence-corrected chi connectivity index (χ4v) is 2.84. The predicted molar refractivity (Wildman–Crippen MR) is 80.1 cm³/mol. The first-order valence-electron chi connectivity index (χ1n) is 6.91. The molecule has 1 fully saturated rings. The Morgan fingerprint density at radius 3 is 2.53 bits per heavy atom. The highest BCUT2D eigenvalue weighted by Gasteiger charge is 2.25. The quantitative estimate of drug-likeness (QED) is 0.873. The van der Waals surface area contributed by atoms with Crippen LogP contribution < -0.4 is 5.32 Å². The minimum absolute atomic E-state index is 0.298. The number of hydrogen-bond acceptors (Lipinski definition) is 3. The van der Waals surface area contributed by atoms with E-state index in [-0.39, 0.29) is 6.10 Å². The van der Waals surface area contributed by atoms with Gasteiger partial charge in [-0.3, -0.25) is 0 Å². The van der Waals surface area contributed by atoms with E-state index in [4.69, 9.17) is 4.74 Å². The first kappa shape index (κ1) is 15.0. The Bertz CT molecular complexity index is 374. The molecule has 1 heterocycles. The molecule has 1 aliphatic rings. The van der Waals surface area contributed by atoms with Crippen LogP contribution >= 0.6 is 15.9 Å². The zero-order valence-electron chi connectivity index (χ0n) is 11.3. The molecule has 2 rings (SSSR count). The Labute approximate surface area is 123 Å². The van der Waals surface area contributed by atoms with E-state index >= 15 is 0 Å². The van der Waals surface area contributed by atoms with E-state index in [0.717, 1.165) is 30.5 Å². The smallest absolute Gasteiger partial charge is 0.0636 e. The Morgan fingerprint density at radius 2 is 1.95 bits per heavy atom. The number of nitrogens with one attached hydrogen (secondary N) is 1. The summed E-state index contributed by atoms with van der Waals surface area (Å²) in [5, 5.41) is 13.0. The summed E-state index contributed by atoms with van der Waals surface area (Å²) >= 11 is 3.47. The van der Waals surface area contributed by atoms with Crippen molar-refractivity contribution in [2.75, 3.05) is 19.8 Å². The van der Waals surface area contributed by atoms with Crippen LogP contribution in [0.2, 0.25) is 0 Å². The predicted octanol–water partition coefficient (Wildman–Crippen LogP) is 2.89. The molecule has 0 amide bonds. The zero-order valence-corrected chi connectivity index (χ0v) is 12.9. The van der Waals surface area contributed by atoms with Crippen LogP contribution in [0.25, 0.3) is 0 Å². The average molecular weight is 328 g/mol. The molecule has 2 N–H and O–H groups in total. The van der Waals surface area contributed by atoms with Crippen LogP contribution in [-0.2, 0) is 4.74 Å². The van der Waals surface area contributed by atoms with Gasteiger partial charge in [0.05, 0.1) is 6.10 Å². The number of rotatable bonds is 5. The van der Waals surface area contributed by atoms with Crippen LogP contribution in [0.15, 0.2) is 28.7 Å². The van der Waals surface area contributed by atoms with Crippen molar-refractivity contribution in [3.8, 4) is 0 Å². The number of aliphatic hydroxyl groups is 1. The van der Waals surface area contributed by atoms with Gasteiger partial charge >= 0.3 is 0 Å². The summed E-state index contributed by atoms with van der Waals surface area (Å²) in [7, 11) is 0. The molecule has 0 saturated carbocycles. The Morgan fingerprint density at radius 1 is 1.32 bits per heavy atom. The standard InChI is InChI=1S/C15H22BrNO2/c1-11(18)10-17-15(13-6-8-19-9-7-13)12-2-4-14(16)5-3-12/h2-5,11,13,15,17-18H,6-10H2,1H3/t11-,15+/m0/s1. The second-order valence-corrected chi connectivity index (χ2v) is 6.15. The third-order valence-electron chi connectivity index (χ3n) is 3.60. The summed E-state index contributed by atoms with van der Waals surface area (Å²) < 4.78 is 6.54. The van der Waals surface area contributed by atoms with E-state index in [1.54, 1.807) is 0 Å². The van der Waals surface area contributed by atoms with E-state index in [2.05, 4.69) is 45.5 Å². The largest absolute Gasteiger partial charge is 0.392 e. The Hall–Kier alpha value is -0.420. The summed E-state index contributed by atoms with van der Waals surface area (Å²) in [4.78, 5) is 0. The first-order valence-corrected chi connectivity index (χ1v) is 7.71. The summed E-state index contributed by atoms with van der Waals surface area (Å²) in [5.74, 6) is 0.577. The molecular weight excluding hydrogens is 306 g/mol. The van der Waals surface area contributed by atoms with Gasteiger partial charge in [0.15, 0.2) is 0 Å². The van der Waals surface area contributed by atoms with Crippen LogP contribution in [0.5, 0.6) is 0 Å². The van der Waals surface area contributed by atoms with Crippen molar-refractivity contribution in [1.82, 2.24) is 5.32 Å². The molecule has 106 valence electrons. The maximum atomic E-state index is 9.50. The van der Waals surface area contributed by atoms with Crippen molar-refractivity contribution >= 4 is 15.9 Å². The minimum atomic E-state index is -0.321. The van der Waals surface area contributed by atoms with Crippen molar-refractivity contribution in [2.24, 2.45) is 5.92 Å². The number of benzene rings is 1. The van der Waals surface area contributed by atoms with Gasteiger partial charge in [-0.15, -0.1) is 0 Å². The van der Waals surface area contributed by atoms with Gasteiger partial charge in [0.25, 0.3) is 0 Å². The third kappa shape index (κ3) is 4.56. The van der Waals surface area contributed by atoms with Crippen molar-refractivity contribution in [3.63, 3.8) is 0 Å². The van der Waals surface area contributed by atoms with Gasteiger partial charge in [-0.1, -0.05) is 28.1 Å². The molecule has 4 heteroatoms. The summed E-state index contributed by atoms with van der Waals surface area (Å²) in [6, 6.07) is 8.75. The van der Waals surface area contributed by atoms with Gasteiger partial charge in [0.1, 0.15) is 0 Å². The molecule has 19 heavy (non-hydrogen) atoms. The molecule has 0 aliphatic carbocycles. The van der Waals surface area contributed by atoms with Crippen LogP contribution in [0.4, 0.5) is 0 Å². The maximum absolute atomic E-state index is 9.50. The topological polar surface area (TPSA) is 41.5 Å². The van der Waals surface area contributed by atoms with Gasteiger partial charge in [0, 0.05) is 30.3 Å². The molecule has 1 aromatic carbocycles. The molecule has 0 aromatic heterocycles. The van der Waals surface area contributed by atoms with Crippen molar-refractivity contribution < 1.29 is 9.84 Å². The van der Waals surface area contributed by atoms with E-state index in [1.165, 1.54) is 5.56 Å². The number of aliphatic hydroxyl groups excluding tert-OH is 1. The lowest BCUT2D eigenvalue weighted by atomic mass is 9.87.